The van der Waals surface area contributed by atoms with E-state index in [1.165, 1.54) is 12.1 Å². The highest BCUT2D eigenvalue weighted by Crippen LogP contribution is 2.31. The van der Waals surface area contributed by atoms with Crippen LogP contribution in [0.4, 0.5) is 16.2 Å². The quantitative estimate of drug-likeness (QED) is 0.628. The molecular weight excluding hydrogens is 324 g/mol. The van der Waals surface area contributed by atoms with Crippen LogP contribution >= 0.6 is 11.6 Å². The van der Waals surface area contributed by atoms with Crippen molar-refractivity contribution in [2.45, 2.75) is 6.42 Å². The Morgan fingerprint density at radius 3 is 2.57 bits per heavy atom. The molecule has 0 unspecified atom stereocenters. The predicted molar refractivity (Wildman–Crippen MR) is 77.8 cm³/mol. The third kappa shape index (κ3) is 5.20. The second-order valence-corrected chi connectivity index (χ2v) is 7.00. The van der Waals surface area contributed by atoms with Crippen LogP contribution in [-0.4, -0.2) is 43.1 Å². The van der Waals surface area contributed by atoms with E-state index in [0.717, 1.165) is 17.2 Å². The Bertz CT molecular complexity index is 661. The van der Waals surface area contributed by atoms with Crippen molar-refractivity contribution in [3.05, 3.63) is 33.3 Å². The van der Waals surface area contributed by atoms with E-state index in [4.69, 9.17) is 16.7 Å². The third-order valence-corrected chi connectivity index (χ3v) is 3.82. The highest BCUT2D eigenvalue weighted by Gasteiger charge is 2.24. The van der Waals surface area contributed by atoms with Crippen molar-refractivity contribution in [2.24, 2.45) is 0 Å². The third-order valence-electron chi connectivity index (χ3n) is 2.55. The van der Waals surface area contributed by atoms with Crippen molar-refractivity contribution in [3.8, 4) is 0 Å². The highest BCUT2D eigenvalue weighted by molar-refractivity contribution is 7.90. The summed E-state index contributed by atoms with van der Waals surface area (Å²) in [6, 6.07) is 3.59. The average molecular weight is 337 g/mol. The average Bonchev–Trinajstić information content (AvgIpc) is 2.33. The van der Waals surface area contributed by atoms with Gasteiger partial charge >= 0.3 is 6.09 Å². The number of rotatable bonds is 6. The zero-order valence-electron chi connectivity index (χ0n) is 11.0. The number of carbonyl (C=O) groups is 1. The molecule has 0 saturated carbocycles. The summed E-state index contributed by atoms with van der Waals surface area (Å²) in [6.07, 6.45) is -0.345. The van der Waals surface area contributed by atoms with Crippen LogP contribution in [0.5, 0.6) is 0 Å². The van der Waals surface area contributed by atoms with E-state index in [1.54, 1.807) is 0 Å². The number of nitro benzene ring substituents is 1. The van der Waals surface area contributed by atoms with Crippen LogP contribution in [0.3, 0.4) is 0 Å². The molecule has 0 heterocycles. The number of nitro groups is 1. The molecular formula is C11H13ClN2O6S. The van der Waals surface area contributed by atoms with E-state index < -0.39 is 26.5 Å². The van der Waals surface area contributed by atoms with Crippen LogP contribution < -0.4 is 4.90 Å². The summed E-state index contributed by atoms with van der Waals surface area (Å²) in [7, 11) is -3.24. The molecule has 0 aliphatic carbocycles. The Labute approximate surface area is 126 Å². The van der Waals surface area contributed by atoms with E-state index in [-0.39, 0.29) is 29.4 Å². The van der Waals surface area contributed by atoms with Crippen LogP contribution in [0, 0.1) is 10.1 Å². The zero-order valence-corrected chi connectivity index (χ0v) is 12.6. The fourth-order valence-corrected chi connectivity index (χ4v) is 2.49. The molecule has 0 fully saturated rings. The summed E-state index contributed by atoms with van der Waals surface area (Å²) in [4.78, 5) is 22.2. The van der Waals surface area contributed by atoms with Crippen LogP contribution in [0.15, 0.2) is 18.2 Å². The fraction of sp³-hybridized carbons (Fsp3) is 0.364. The number of benzene rings is 1. The van der Waals surface area contributed by atoms with Crippen molar-refractivity contribution in [3.63, 3.8) is 0 Å². The number of hydrogen-bond donors (Lipinski definition) is 1. The topological polar surface area (TPSA) is 118 Å². The minimum absolute atomic E-state index is 0.0327. The molecule has 0 aliphatic heterocycles. The molecule has 0 atom stereocenters. The number of carboxylic acid groups (broad SMARTS) is 1. The predicted octanol–water partition coefficient (Wildman–Crippen LogP) is 2.17. The molecule has 1 amide bonds. The lowest BCUT2D eigenvalue weighted by Crippen LogP contribution is -2.31. The van der Waals surface area contributed by atoms with Gasteiger partial charge in [-0.25, -0.2) is 13.2 Å². The normalized spacial score (nSPS) is 11.1. The molecule has 0 spiro atoms. The first-order chi connectivity index (χ1) is 9.61. The molecule has 1 aromatic carbocycles. The van der Waals surface area contributed by atoms with Crippen LogP contribution in [0.1, 0.15) is 6.42 Å². The monoisotopic (exact) mass is 336 g/mol. The maximum atomic E-state index is 11.2. The van der Waals surface area contributed by atoms with E-state index in [0.29, 0.717) is 0 Å². The van der Waals surface area contributed by atoms with Gasteiger partial charge in [0.15, 0.2) is 0 Å². The standard InChI is InChI=1S/C11H13ClN2O6S/c1-21(19,20)6-2-5-13(11(15)16)9-4-3-8(12)7-10(9)14(17)18/h3-4,7H,2,5-6H2,1H3,(H,15,16). The lowest BCUT2D eigenvalue weighted by molar-refractivity contribution is -0.384. The number of hydrogen-bond acceptors (Lipinski definition) is 5. The zero-order chi connectivity index (χ0) is 16.2. The van der Waals surface area contributed by atoms with Gasteiger partial charge in [0.25, 0.3) is 5.69 Å². The van der Waals surface area contributed by atoms with Crippen molar-refractivity contribution in [1.29, 1.82) is 0 Å². The maximum Gasteiger partial charge on any atom is 0.412 e. The number of anilines is 1. The molecule has 0 aromatic heterocycles. The van der Waals surface area contributed by atoms with Crippen LogP contribution in [-0.2, 0) is 9.84 Å². The number of nitrogens with zero attached hydrogens (tertiary/aromatic N) is 2. The highest BCUT2D eigenvalue weighted by atomic mass is 35.5. The van der Waals surface area contributed by atoms with E-state index in [2.05, 4.69) is 0 Å². The Balaban J connectivity index is 3.06. The largest absolute Gasteiger partial charge is 0.465 e. The second-order valence-electron chi connectivity index (χ2n) is 4.31. The Morgan fingerprint density at radius 2 is 2.10 bits per heavy atom. The van der Waals surface area contributed by atoms with Crippen LogP contribution in [0.2, 0.25) is 5.02 Å². The van der Waals surface area contributed by atoms with E-state index in [9.17, 15) is 23.3 Å². The SMILES string of the molecule is CS(=O)(=O)CCCN(C(=O)O)c1ccc(Cl)cc1[N+](=O)[O-]. The number of sulfone groups is 1. The lowest BCUT2D eigenvalue weighted by atomic mass is 10.2. The molecule has 116 valence electrons. The van der Waals surface area contributed by atoms with Gasteiger partial charge in [0.1, 0.15) is 15.5 Å². The van der Waals surface area contributed by atoms with Gasteiger partial charge in [0.2, 0.25) is 0 Å². The lowest BCUT2D eigenvalue weighted by Gasteiger charge is -2.19. The molecule has 0 bridgehead atoms. The molecule has 10 heteroatoms. The first-order valence-corrected chi connectivity index (χ1v) is 8.18. The van der Waals surface area contributed by atoms with E-state index in [1.807, 2.05) is 0 Å². The minimum atomic E-state index is -3.24. The Morgan fingerprint density at radius 1 is 1.48 bits per heavy atom. The smallest absolute Gasteiger partial charge is 0.412 e. The van der Waals surface area contributed by atoms with Gasteiger partial charge in [-0.1, -0.05) is 11.6 Å². The van der Waals surface area contributed by atoms with Gasteiger partial charge in [-0.15, -0.1) is 0 Å². The van der Waals surface area contributed by atoms with Crippen molar-refractivity contribution < 1.29 is 23.2 Å². The molecule has 1 rings (SSSR count). The minimum Gasteiger partial charge on any atom is -0.465 e. The first-order valence-electron chi connectivity index (χ1n) is 5.74. The molecule has 1 aromatic rings. The van der Waals surface area contributed by atoms with E-state index >= 15 is 0 Å². The summed E-state index contributed by atoms with van der Waals surface area (Å²) in [5.41, 5.74) is -0.602. The van der Waals surface area contributed by atoms with Gasteiger partial charge < -0.3 is 5.11 Å². The summed E-state index contributed by atoms with van der Waals surface area (Å²) in [6.45, 7) is -0.176. The maximum absolute atomic E-state index is 11.2. The Hall–Kier alpha value is -1.87. The van der Waals surface area contributed by atoms with Crippen molar-refractivity contribution >= 4 is 38.9 Å². The van der Waals surface area contributed by atoms with Gasteiger partial charge in [0.05, 0.1) is 10.7 Å². The fourth-order valence-electron chi connectivity index (χ4n) is 1.68. The Kier molecular flexibility index (Phi) is 5.50. The van der Waals surface area contributed by atoms with Crippen LogP contribution in [0.25, 0.3) is 0 Å². The molecule has 0 saturated heterocycles. The number of amides is 1. The second kappa shape index (κ2) is 6.72. The van der Waals surface area contributed by atoms with Crippen molar-refractivity contribution in [2.75, 3.05) is 23.5 Å². The summed E-state index contributed by atoms with van der Waals surface area (Å²) in [5, 5.41) is 20.2. The van der Waals surface area contributed by atoms with Gasteiger partial charge in [-0.2, -0.15) is 0 Å². The van der Waals surface area contributed by atoms with Gasteiger partial charge in [0, 0.05) is 23.9 Å². The molecule has 0 radical (unpaired) electrons. The number of halogens is 1. The molecule has 0 aliphatic rings. The molecule has 21 heavy (non-hydrogen) atoms. The first kappa shape index (κ1) is 17.2. The summed E-state index contributed by atoms with van der Waals surface area (Å²) < 4.78 is 22.1. The molecule has 1 N–H and O–H groups in total. The summed E-state index contributed by atoms with van der Waals surface area (Å²) >= 11 is 5.66. The van der Waals surface area contributed by atoms with Crippen molar-refractivity contribution in [1.82, 2.24) is 0 Å². The summed E-state index contributed by atoms with van der Waals surface area (Å²) in [5.74, 6) is -0.210. The van der Waals surface area contributed by atoms with Gasteiger partial charge in [-0.05, 0) is 18.6 Å². The van der Waals surface area contributed by atoms with Gasteiger partial charge in [-0.3, -0.25) is 15.0 Å². The molecule has 8 nitrogen and oxygen atoms in total.